The number of nitrogens with zero attached hydrogens (tertiary/aromatic N) is 2. The molecule has 0 aliphatic carbocycles. The second-order valence-corrected chi connectivity index (χ2v) is 7.36. The molecule has 7 heteroatoms. The molecule has 3 aromatic rings. The molecule has 33 heavy (non-hydrogen) atoms. The Morgan fingerprint density at radius 1 is 0.970 bits per heavy atom. The molecule has 1 atom stereocenters. The molecule has 1 amide bonds. The number of fused-ring (bicyclic) bond motifs is 1. The van der Waals surface area contributed by atoms with Crippen LogP contribution >= 0.6 is 0 Å². The standard InChI is InChI=1S/C26H22N6O/c27-16-17-10-12-18(13-11-17)21(28)14-15-23(29)31-25-26(33)30-22-9-5-4-8-20(22)24(32-25)19-6-2-1-3-7-19/h1-15,25,31H,28-29H2,(H,30,33)/b21-14-,23-15+. The Morgan fingerprint density at radius 2 is 1.67 bits per heavy atom. The van der Waals surface area contributed by atoms with Gasteiger partial charge in [0.2, 0.25) is 6.17 Å². The van der Waals surface area contributed by atoms with Crippen LogP contribution in [0, 0.1) is 11.3 Å². The molecule has 0 bridgehead atoms. The van der Waals surface area contributed by atoms with Crippen LogP contribution in [0.15, 0.2) is 102 Å². The van der Waals surface area contributed by atoms with E-state index in [2.05, 4.69) is 16.7 Å². The largest absolute Gasteiger partial charge is 0.398 e. The Morgan fingerprint density at radius 3 is 2.39 bits per heavy atom. The lowest BCUT2D eigenvalue weighted by Gasteiger charge is -2.14. The minimum Gasteiger partial charge on any atom is -0.398 e. The number of aliphatic imine (C=N–C) groups is 1. The normalized spacial score (nSPS) is 16.0. The highest BCUT2D eigenvalue weighted by Crippen LogP contribution is 2.23. The summed E-state index contributed by atoms with van der Waals surface area (Å²) < 4.78 is 0. The van der Waals surface area contributed by atoms with Gasteiger partial charge < -0.3 is 22.1 Å². The van der Waals surface area contributed by atoms with E-state index in [9.17, 15) is 4.79 Å². The molecule has 1 aliphatic heterocycles. The summed E-state index contributed by atoms with van der Waals surface area (Å²) in [5.41, 5.74) is 17.1. The molecule has 0 aromatic heterocycles. The van der Waals surface area contributed by atoms with E-state index in [0.717, 1.165) is 16.7 Å². The van der Waals surface area contributed by atoms with Gasteiger partial charge in [0.1, 0.15) is 0 Å². The Bertz CT molecular complexity index is 1300. The van der Waals surface area contributed by atoms with Gasteiger partial charge in [-0.3, -0.25) is 4.79 Å². The maximum atomic E-state index is 12.9. The molecule has 7 nitrogen and oxygen atoms in total. The van der Waals surface area contributed by atoms with Crippen LogP contribution in [0.25, 0.3) is 5.70 Å². The van der Waals surface area contributed by atoms with Crippen molar-refractivity contribution in [2.24, 2.45) is 16.5 Å². The topological polar surface area (TPSA) is 129 Å². The number of benzene rings is 3. The van der Waals surface area contributed by atoms with E-state index in [4.69, 9.17) is 21.7 Å². The number of benzodiazepines with no additional fused rings is 1. The monoisotopic (exact) mass is 434 g/mol. The third kappa shape index (κ3) is 4.92. The Labute approximate surface area is 191 Å². The third-order valence-corrected chi connectivity index (χ3v) is 5.09. The summed E-state index contributed by atoms with van der Waals surface area (Å²) in [5.74, 6) is -0.0948. The van der Waals surface area contributed by atoms with Crippen molar-refractivity contribution >= 4 is 23.0 Å². The maximum absolute atomic E-state index is 12.9. The van der Waals surface area contributed by atoms with Gasteiger partial charge in [-0.2, -0.15) is 5.26 Å². The molecule has 0 radical (unpaired) electrons. The molecule has 0 fully saturated rings. The summed E-state index contributed by atoms with van der Waals surface area (Å²) in [5, 5.41) is 14.8. The number of carbonyl (C=O) groups excluding carboxylic acids is 1. The number of hydrogen-bond donors (Lipinski definition) is 4. The fraction of sp³-hybridized carbons (Fsp3) is 0.0385. The first-order valence-corrected chi connectivity index (χ1v) is 10.3. The Hall–Kier alpha value is -4.83. The van der Waals surface area contributed by atoms with Crippen molar-refractivity contribution in [1.82, 2.24) is 5.32 Å². The van der Waals surface area contributed by atoms with Gasteiger partial charge in [0.25, 0.3) is 5.91 Å². The number of amides is 1. The predicted molar refractivity (Wildman–Crippen MR) is 130 cm³/mol. The number of nitrogens with one attached hydrogen (secondary N) is 2. The van der Waals surface area contributed by atoms with E-state index in [1.807, 2.05) is 54.6 Å². The lowest BCUT2D eigenvalue weighted by atomic mass is 10.0. The van der Waals surface area contributed by atoms with Crippen LogP contribution in [-0.2, 0) is 4.79 Å². The molecule has 3 aromatic carbocycles. The average Bonchev–Trinajstić information content (AvgIpc) is 2.99. The van der Waals surface area contributed by atoms with E-state index in [-0.39, 0.29) is 11.7 Å². The molecular weight excluding hydrogens is 412 g/mol. The van der Waals surface area contributed by atoms with Gasteiger partial charge in [-0.1, -0.05) is 60.7 Å². The quantitative estimate of drug-likeness (QED) is 0.459. The SMILES string of the molecule is N#Cc1ccc(/C(N)=C/C=C(\N)NC2N=C(c3ccccc3)c3ccccc3NC2=O)cc1. The number of para-hydroxylation sites is 1. The first-order chi connectivity index (χ1) is 16.0. The molecule has 1 aliphatic rings. The summed E-state index contributed by atoms with van der Waals surface area (Å²) in [6, 6.07) is 26.2. The molecule has 4 rings (SSSR count). The summed E-state index contributed by atoms with van der Waals surface area (Å²) >= 11 is 0. The Kier molecular flexibility index (Phi) is 6.19. The number of nitriles is 1. The van der Waals surface area contributed by atoms with Crippen LogP contribution in [0.5, 0.6) is 0 Å². The van der Waals surface area contributed by atoms with Gasteiger partial charge in [0.15, 0.2) is 0 Å². The molecular formula is C26H22N6O. The van der Waals surface area contributed by atoms with Crippen molar-refractivity contribution < 1.29 is 4.79 Å². The molecule has 1 heterocycles. The smallest absolute Gasteiger partial charge is 0.269 e. The van der Waals surface area contributed by atoms with E-state index < -0.39 is 6.17 Å². The van der Waals surface area contributed by atoms with Crippen molar-refractivity contribution in [3.8, 4) is 6.07 Å². The minimum atomic E-state index is -0.937. The highest BCUT2D eigenvalue weighted by molar-refractivity contribution is 6.19. The van der Waals surface area contributed by atoms with Crippen LogP contribution in [0.3, 0.4) is 0 Å². The maximum Gasteiger partial charge on any atom is 0.269 e. The van der Waals surface area contributed by atoms with Crippen LogP contribution < -0.4 is 22.1 Å². The zero-order valence-electron chi connectivity index (χ0n) is 17.7. The molecule has 162 valence electrons. The second kappa shape index (κ2) is 9.54. The highest BCUT2D eigenvalue weighted by atomic mass is 16.2. The fourth-order valence-corrected chi connectivity index (χ4v) is 3.40. The molecule has 1 unspecified atom stereocenters. The van der Waals surface area contributed by atoms with Crippen molar-refractivity contribution in [3.05, 3.63) is 119 Å². The van der Waals surface area contributed by atoms with Crippen LogP contribution in [-0.4, -0.2) is 17.8 Å². The van der Waals surface area contributed by atoms with Gasteiger partial charge in [-0.05, 0) is 35.9 Å². The number of carbonyl (C=O) groups is 1. The molecule has 0 spiro atoms. The van der Waals surface area contributed by atoms with Crippen LogP contribution in [0.1, 0.15) is 22.3 Å². The third-order valence-electron chi connectivity index (χ3n) is 5.09. The lowest BCUT2D eigenvalue weighted by molar-refractivity contribution is -0.117. The van der Waals surface area contributed by atoms with Gasteiger partial charge in [-0.15, -0.1) is 0 Å². The first-order valence-electron chi connectivity index (χ1n) is 10.3. The summed E-state index contributed by atoms with van der Waals surface area (Å²) in [4.78, 5) is 17.6. The molecule has 6 N–H and O–H groups in total. The summed E-state index contributed by atoms with van der Waals surface area (Å²) in [6.45, 7) is 0. The number of allylic oxidation sites excluding steroid dienone is 2. The summed E-state index contributed by atoms with van der Waals surface area (Å²) in [6.07, 6.45) is 2.28. The summed E-state index contributed by atoms with van der Waals surface area (Å²) in [7, 11) is 0. The number of anilines is 1. The number of hydrogen-bond acceptors (Lipinski definition) is 6. The van der Waals surface area contributed by atoms with E-state index >= 15 is 0 Å². The number of rotatable bonds is 5. The van der Waals surface area contributed by atoms with Gasteiger partial charge in [0, 0.05) is 16.8 Å². The van der Waals surface area contributed by atoms with E-state index in [0.29, 0.717) is 22.7 Å². The van der Waals surface area contributed by atoms with E-state index in [1.54, 1.807) is 36.4 Å². The Balaban J connectivity index is 1.61. The first kappa shape index (κ1) is 21.4. The van der Waals surface area contributed by atoms with Crippen molar-refractivity contribution in [1.29, 1.82) is 5.26 Å². The van der Waals surface area contributed by atoms with Crippen molar-refractivity contribution in [2.75, 3.05) is 5.32 Å². The van der Waals surface area contributed by atoms with Gasteiger partial charge in [0.05, 0.1) is 28.9 Å². The highest BCUT2D eigenvalue weighted by Gasteiger charge is 2.25. The van der Waals surface area contributed by atoms with Crippen LogP contribution in [0.4, 0.5) is 5.69 Å². The van der Waals surface area contributed by atoms with Crippen molar-refractivity contribution in [3.63, 3.8) is 0 Å². The second-order valence-electron chi connectivity index (χ2n) is 7.36. The number of nitrogens with two attached hydrogens (primary N) is 2. The zero-order valence-corrected chi connectivity index (χ0v) is 17.7. The zero-order chi connectivity index (χ0) is 23.2. The minimum absolute atomic E-state index is 0.230. The lowest BCUT2D eigenvalue weighted by Crippen LogP contribution is -2.40. The fourth-order valence-electron chi connectivity index (χ4n) is 3.40. The predicted octanol–water partition coefficient (Wildman–Crippen LogP) is 3.06. The van der Waals surface area contributed by atoms with Gasteiger partial charge in [-0.25, -0.2) is 4.99 Å². The molecule has 0 saturated heterocycles. The van der Waals surface area contributed by atoms with Crippen LogP contribution in [0.2, 0.25) is 0 Å². The molecule has 0 saturated carbocycles. The van der Waals surface area contributed by atoms with E-state index in [1.165, 1.54) is 0 Å². The van der Waals surface area contributed by atoms with Gasteiger partial charge >= 0.3 is 0 Å². The average molecular weight is 435 g/mol. The van der Waals surface area contributed by atoms with Crippen molar-refractivity contribution in [2.45, 2.75) is 6.17 Å².